The number of carbonyl (C=O) groups is 1. The van der Waals surface area contributed by atoms with Crippen molar-refractivity contribution in [3.05, 3.63) is 141 Å². The molecule has 288 valence electrons. The second kappa shape index (κ2) is 16.7. The lowest BCUT2D eigenvalue weighted by Gasteiger charge is -2.58. The van der Waals surface area contributed by atoms with Crippen molar-refractivity contribution in [2.45, 2.75) is 100 Å². The topological polar surface area (TPSA) is 72.5 Å². The molecular formula is C46H49IO7S. The number of rotatable bonds is 13. The molecule has 2 aliphatic heterocycles. The normalized spacial score (nSPS) is 33.6. The Balaban J connectivity index is 1.04. The first-order chi connectivity index (χ1) is 27.0. The summed E-state index contributed by atoms with van der Waals surface area (Å²) in [6, 6.07) is 38.2. The highest BCUT2D eigenvalue weighted by Gasteiger charge is 2.60. The Bertz CT molecular complexity index is 1860. The zero-order valence-electron chi connectivity index (χ0n) is 31.0. The highest BCUT2D eigenvalue weighted by atomic mass is 127. The predicted octanol–water partition coefficient (Wildman–Crippen LogP) is 9.24. The van der Waals surface area contributed by atoms with Gasteiger partial charge < -0.3 is 28.4 Å². The Kier molecular flexibility index (Phi) is 11.5. The Morgan fingerprint density at radius 3 is 1.91 bits per heavy atom. The fourth-order valence-corrected chi connectivity index (χ4v) is 11.7. The van der Waals surface area contributed by atoms with E-state index < -0.39 is 36.5 Å². The van der Waals surface area contributed by atoms with Crippen LogP contribution in [0.1, 0.15) is 60.8 Å². The van der Waals surface area contributed by atoms with Gasteiger partial charge in [-0.15, -0.1) is 0 Å². The number of carbonyl (C=O) groups excluding carboxylic acids is 1. The number of ether oxygens (including phenoxy) is 6. The monoisotopic (exact) mass is 872 g/mol. The van der Waals surface area contributed by atoms with Crippen LogP contribution < -0.4 is 0 Å². The summed E-state index contributed by atoms with van der Waals surface area (Å²) in [7, 11) is 0. The summed E-state index contributed by atoms with van der Waals surface area (Å²) in [5.74, 6) is 1.05. The summed E-state index contributed by atoms with van der Waals surface area (Å²) < 4.78 is 43.1. The standard InChI is InChI=1S/C46H49IO7S/c47-38-19-11-10-16-36(38)20-21-55-44(48)46(37-17-8-3-9-18-37)51-30-39-40(53-46)41(49-28-31-12-4-1-5-13-31)42(50-29-32-14-6-2-7-15-32)43(52-39)54-45-25-33-22-34(26-45)24-35(23-33)27-45/h1-19,33-35,39-43H,20-30H2/t33?,34?,35?,39-,40-,41+,42+,43+,45?,46-/m1/s1. The predicted molar refractivity (Wildman–Crippen MR) is 220 cm³/mol. The van der Waals surface area contributed by atoms with Gasteiger partial charge in [-0.1, -0.05) is 121 Å². The third kappa shape index (κ3) is 8.23. The molecule has 2 saturated heterocycles. The van der Waals surface area contributed by atoms with Crippen LogP contribution in [0.15, 0.2) is 115 Å². The Hall–Kier alpha value is -2.61. The van der Waals surface area contributed by atoms with Crippen LogP contribution in [0, 0.1) is 21.3 Å². The van der Waals surface area contributed by atoms with Crippen LogP contribution in [-0.2, 0) is 58.6 Å². The van der Waals surface area contributed by atoms with Gasteiger partial charge in [0, 0.05) is 14.9 Å². The molecule has 7 nitrogen and oxygen atoms in total. The lowest BCUT2D eigenvalue weighted by atomic mass is 9.54. The van der Waals surface area contributed by atoms with Crippen molar-refractivity contribution in [3.63, 3.8) is 0 Å². The maximum atomic E-state index is 14.6. The lowest BCUT2D eigenvalue weighted by molar-refractivity contribution is -0.405. The number of hydrogen-bond acceptors (Lipinski definition) is 8. The number of aryl methyl sites for hydroxylation is 1. The second-order valence-electron chi connectivity index (χ2n) is 16.1. The Labute approximate surface area is 342 Å². The molecule has 0 unspecified atom stereocenters. The van der Waals surface area contributed by atoms with E-state index >= 15 is 0 Å². The molecule has 6 fully saturated rings. The molecule has 0 aromatic heterocycles. The molecule has 4 aromatic carbocycles. The first-order valence-electron chi connectivity index (χ1n) is 19.9. The zero-order valence-corrected chi connectivity index (χ0v) is 34.0. The minimum Gasteiger partial charge on any atom is -0.368 e. The van der Waals surface area contributed by atoms with Crippen molar-refractivity contribution < 1.29 is 33.2 Å². The van der Waals surface area contributed by atoms with E-state index in [1.807, 2.05) is 78.9 Å². The summed E-state index contributed by atoms with van der Waals surface area (Å²) >= 11 is 3.60. The Morgan fingerprint density at radius 1 is 0.727 bits per heavy atom. The van der Waals surface area contributed by atoms with Gasteiger partial charge in [0.25, 0.3) is 10.9 Å². The number of hydrogen-bond donors (Lipinski definition) is 0. The van der Waals surface area contributed by atoms with Gasteiger partial charge in [-0.3, -0.25) is 4.79 Å². The van der Waals surface area contributed by atoms with Gasteiger partial charge in [-0.2, -0.15) is 0 Å². The number of halogens is 1. The van der Waals surface area contributed by atoms with Gasteiger partial charge in [-0.25, -0.2) is 0 Å². The number of benzene rings is 4. The van der Waals surface area contributed by atoms with Crippen molar-refractivity contribution >= 4 is 39.5 Å². The van der Waals surface area contributed by atoms with Gasteiger partial charge in [-0.05, 0) is 108 Å². The average Bonchev–Trinajstić information content (AvgIpc) is 3.20. The minimum atomic E-state index is -1.66. The van der Waals surface area contributed by atoms with Crippen molar-refractivity contribution in [1.29, 1.82) is 0 Å². The van der Waals surface area contributed by atoms with E-state index in [1.165, 1.54) is 40.2 Å². The van der Waals surface area contributed by atoms with E-state index in [9.17, 15) is 4.79 Å². The minimum absolute atomic E-state index is 0.139. The molecule has 4 aliphatic carbocycles. The molecule has 10 rings (SSSR count). The fraction of sp³-hybridized carbons (Fsp3) is 0.457. The third-order valence-electron chi connectivity index (χ3n) is 12.2. The van der Waals surface area contributed by atoms with Crippen LogP contribution in [0.2, 0.25) is 0 Å². The van der Waals surface area contributed by atoms with E-state index in [2.05, 4.69) is 59.0 Å². The molecule has 0 N–H and O–H groups in total. The molecule has 4 aromatic rings. The molecule has 6 aliphatic rings. The van der Waals surface area contributed by atoms with Crippen LogP contribution in [0.4, 0.5) is 0 Å². The maximum Gasteiger partial charge on any atom is 0.267 e. The molecule has 0 amide bonds. The zero-order chi connectivity index (χ0) is 37.2. The van der Waals surface area contributed by atoms with Crippen molar-refractivity contribution in [2.75, 3.05) is 12.4 Å². The van der Waals surface area contributed by atoms with Gasteiger partial charge in [0.2, 0.25) is 0 Å². The third-order valence-corrected chi connectivity index (χ3v) is 14.2. The van der Waals surface area contributed by atoms with Gasteiger partial charge in [0.15, 0.2) is 6.29 Å². The summed E-state index contributed by atoms with van der Waals surface area (Å²) in [6.07, 6.45) is 4.69. The first kappa shape index (κ1) is 37.9. The number of thioether (sulfide) groups is 1. The molecular weight excluding hydrogens is 823 g/mol. The summed E-state index contributed by atoms with van der Waals surface area (Å²) in [5, 5.41) is -0.196. The highest BCUT2D eigenvalue weighted by molar-refractivity contribution is 14.1. The average molecular weight is 873 g/mol. The van der Waals surface area contributed by atoms with Crippen LogP contribution in [0.3, 0.4) is 0 Å². The van der Waals surface area contributed by atoms with Crippen LogP contribution in [-0.4, -0.2) is 53.8 Å². The number of fused-ring (bicyclic) bond motifs is 1. The van der Waals surface area contributed by atoms with E-state index in [4.69, 9.17) is 28.4 Å². The quantitative estimate of drug-likeness (QED) is 0.123. The summed E-state index contributed by atoms with van der Waals surface area (Å²) in [4.78, 5) is 14.6. The summed E-state index contributed by atoms with van der Waals surface area (Å²) in [6.45, 7) is 0.830. The maximum absolute atomic E-state index is 14.6. The van der Waals surface area contributed by atoms with E-state index in [-0.39, 0.29) is 17.3 Å². The van der Waals surface area contributed by atoms with E-state index in [0.717, 1.165) is 36.8 Å². The highest BCUT2D eigenvalue weighted by Crippen LogP contribution is 2.58. The van der Waals surface area contributed by atoms with Crippen molar-refractivity contribution in [2.24, 2.45) is 17.8 Å². The van der Waals surface area contributed by atoms with Crippen LogP contribution in [0.25, 0.3) is 0 Å². The molecule has 0 radical (unpaired) electrons. The van der Waals surface area contributed by atoms with Gasteiger partial charge in [0.1, 0.15) is 24.4 Å². The molecule has 4 bridgehead atoms. The first-order valence-corrected chi connectivity index (χ1v) is 21.9. The SMILES string of the molecule is O=C(SCCc1ccccc1I)[C@]1(c2ccccc2)OC[C@H]2O[C@@H](OC34CC5CC(CC(C5)C3)C4)[C@@H](OCc3ccccc3)[C@@H](OCc3ccccc3)[C@@H]2O1. The van der Waals surface area contributed by atoms with Gasteiger partial charge >= 0.3 is 0 Å². The van der Waals surface area contributed by atoms with Crippen molar-refractivity contribution in [3.8, 4) is 0 Å². The van der Waals surface area contributed by atoms with Crippen LogP contribution in [0.5, 0.6) is 0 Å². The largest absolute Gasteiger partial charge is 0.368 e. The van der Waals surface area contributed by atoms with E-state index in [0.29, 0.717) is 42.3 Å². The molecule has 0 spiro atoms. The second-order valence-corrected chi connectivity index (χ2v) is 18.4. The molecule has 6 atom stereocenters. The fourth-order valence-electron chi connectivity index (χ4n) is 10.1. The van der Waals surface area contributed by atoms with Crippen molar-refractivity contribution in [1.82, 2.24) is 0 Å². The molecule has 9 heteroatoms. The smallest absolute Gasteiger partial charge is 0.267 e. The molecule has 55 heavy (non-hydrogen) atoms. The lowest BCUT2D eigenvalue weighted by Crippen LogP contribution is -2.68. The Morgan fingerprint density at radius 2 is 1.29 bits per heavy atom. The molecule has 4 saturated carbocycles. The van der Waals surface area contributed by atoms with E-state index in [1.54, 1.807) is 0 Å². The summed E-state index contributed by atoms with van der Waals surface area (Å²) in [5.41, 5.74) is 3.70. The molecule has 2 heterocycles. The van der Waals surface area contributed by atoms with Gasteiger partial charge in [0.05, 0.1) is 25.4 Å². The van der Waals surface area contributed by atoms with Crippen LogP contribution >= 0.6 is 34.4 Å².